The molecular weight excluding hydrogens is 667 g/mol. The summed E-state index contributed by atoms with van der Waals surface area (Å²) >= 11 is 2.85. The van der Waals surface area contributed by atoms with Gasteiger partial charge in [0.1, 0.15) is 0 Å². The van der Waals surface area contributed by atoms with Gasteiger partial charge in [-0.3, -0.25) is 14.2 Å². The number of aryl methyl sites for hydroxylation is 1. The van der Waals surface area contributed by atoms with Crippen molar-refractivity contribution in [2.45, 2.75) is 36.0 Å². The van der Waals surface area contributed by atoms with E-state index < -0.39 is 15.9 Å². The maximum Gasteiger partial charge on any atom is 0.253 e. The standard InChI is InChI=1S/C34H33N7O4S3/c1-23-11-13-24(14-12-23)29-20-28(30-10-7-19-46-30)38-41(29)32(42)22-47-34-37-36-31(40(34)26-8-5-4-6-9-26)21-35-33(43)25-15-17-27(18-16-25)48(44,45)39(2)3/h4-19,29H,20-22H2,1-3H3,(H,35,43)/t29-/m0/s1. The zero-order chi connectivity index (χ0) is 33.8. The van der Waals surface area contributed by atoms with Gasteiger partial charge in [-0.2, -0.15) is 5.10 Å². The van der Waals surface area contributed by atoms with E-state index in [1.54, 1.807) is 16.3 Å². The van der Waals surface area contributed by atoms with Crippen LogP contribution in [-0.2, 0) is 21.4 Å². The van der Waals surface area contributed by atoms with Gasteiger partial charge >= 0.3 is 0 Å². The van der Waals surface area contributed by atoms with Crippen LogP contribution in [0.5, 0.6) is 0 Å². The van der Waals surface area contributed by atoms with Crippen LogP contribution in [0.4, 0.5) is 0 Å². The van der Waals surface area contributed by atoms with Crippen molar-refractivity contribution in [2.75, 3.05) is 19.8 Å². The summed E-state index contributed by atoms with van der Waals surface area (Å²) in [6.07, 6.45) is 0.623. The molecule has 1 aliphatic rings. The zero-order valence-electron chi connectivity index (χ0n) is 26.5. The summed E-state index contributed by atoms with van der Waals surface area (Å²) in [5, 5.41) is 20.5. The van der Waals surface area contributed by atoms with Crippen LogP contribution >= 0.6 is 23.1 Å². The summed E-state index contributed by atoms with van der Waals surface area (Å²) in [5.74, 6) is -0.0166. The van der Waals surface area contributed by atoms with Gasteiger partial charge in [0.25, 0.3) is 11.8 Å². The molecule has 14 heteroatoms. The van der Waals surface area contributed by atoms with Crippen LogP contribution in [0.2, 0.25) is 0 Å². The number of thioether (sulfide) groups is 1. The van der Waals surface area contributed by atoms with Crippen molar-refractivity contribution < 1.29 is 18.0 Å². The highest BCUT2D eigenvalue weighted by molar-refractivity contribution is 7.99. The molecule has 0 spiro atoms. The minimum atomic E-state index is -3.61. The zero-order valence-corrected chi connectivity index (χ0v) is 28.9. The predicted molar refractivity (Wildman–Crippen MR) is 187 cm³/mol. The molecule has 2 aromatic heterocycles. The largest absolute Gasteiger partial charge is 0.345 e. The first-order valence-electron chi connectivity index (χ1n) is 15.0. The summed E-state index contributed by atoms with van der Waals surface area (Å²) in [5.41, 5.74) is 4.12. The molecule has 0 radical (unpaired) electrons. The van der Waals surface area contributed by atoms with Crippen molar-refractivity contribution in [1.82, 2.24) is 29.4 Å². The number of carbonyl (C=O) groups excluding carboxylic acids is 2. The van der Waals surface area contributed by atoms with E-state index in [-0.39, 0.29) is 29.1 Å². The second-order valence-electron chi connectivity index (χ2n) is 11.2. The average molecular weight is 700 g/mol. The van der Waals surface area contributed by atoms with Gasteiger partial charge in [-0.25, -0.2) is 17.7 Å². The number of para-hydroxylation sites is 1. The van der Waals surface area contributed by atoms with Gasteiger partial charge in [-0.1, -0.05) is 65.9 Å². The Morgan fingerprint density at radius 1 is 0.958 bits per heavy atom. The van der Waals surface area contributed by atoms with Crippen molar-refractivity contribution in [3.63, 3.8) is 0 Å². The summed E-state index contributed by atoms with van der Waals surface area (Å²) in [6.45, 7) is 2.08. The fourth-order valence-corrected chi connectivity index (χ4v) is 7.61. The van der Waals surface area contributed by atoms with Crippen molar-refractivity contribution in [3.05, 3.63) is 124 Å². The van der Waals surface area contributed by atoms with Crippen molar-refractivity contribution >= 4 is 50.6 Å². The third-order valence-corrected chi connectivity index (χ3v) is 11.4. The Bertz CT molecular complexity index is 2040. The maximum atomic E-state index is 13.8. The molecule has 0 bridgehead atoms. The Hall–Kier alpha value is -4.63. The average Bonchev–Trinajstić information content (AvgIpc) is 3.87. The van der Waals surface area contributed by atoms with Crippen LogP contribution in [0.15, 0.2) is 112 Å². The minimum absolute atomic E-state index is 0.0447. The Morgan fingerprint density at radius 3 is 2.35 bits per heavy atom. The number of benzene rings is 3. The van der Waals surface area contributed by atoms with Gasteiger partial charge in [-0.15, -0.1) is 21.5 Å². The third kappa shape index (κ3) is 7.11. The molecule has 0 saturated carbocycles. The monoisotopic (exact) mass is 699 g/mol. The van der Waals surface area contributed by atoms with Gasteiger partial charge in [0.05, 0.1) is 33.8 Å². The van der Waals surface area contributed by atoms with Crippen molar-refractivity contribution in [1.29, 1.82) is 0 Å². The van der Waals surface area contributed by atoms with Crippen LogP contribution in [0.3, 0.4) is 0 Å². The Morgan fingerprint density at radius 2 is 1.69 bits per heavy atom. The van der Waals surface area contributed by atoms with E-state index in [9.17, 15) is 18.0 Å². The topological polar surface area (TPSA) is 130 Å². The molecule has 0 saturated heterocycles. The fraction of sp³-hybridized carbons (Fsp3) is 0.206. The molecule has 1 atom stereocenters. The molecule has 5 aromatic rings. The molecule has 3 aromatic carbocycles. The normalized spacial score (nSPS) is 14.7. The Labute approximate surface area is 287 Å². The first-order valence-corrected chi connectivity index (χ1v) is 18.4. The lowest BCUT2D eigenvalue weighted by molar-refractivity contribution is -0.130. The molecule has 48 heavy (non-hydrogen) atoms. The highest BCUT2D eigenvalue weighted by atomic mass is 32.2. The fourth-order valence-electron chi connectivity index (χ4n) is 5.17. The smallest absolute Gasteiger partial charge is 0.253 e. The lowest BCUT2D eigenvalue weighted by Gasteiger charge is -2.22. The number of rotatable bonds is 11. The quantitative estimate of drug-likeness (QED) is 0.186. The number of hydrogen-bond donors (Lipinski definition) is 1. The van der Waals surface area contributed by atoms with E-state index >= 15 is 0 Å². The molecule has 1 aliphatic heterocycles. The minimum Gasteiger partial charge on any atom is -0.345 e. The summed E-state index contributed by atoms with van der Waals surface area (Å²) in [7, 11) is -0.713. The van der Waals surface area contributed by atoms with Gasteiger partial charge in [-0.05, 0) is 60.3 Å². The van der Waals surface area contributed by atoms with E-state index in [1.165, 1.54) is 50.1 Å². The molecule has 0 fully saturated rings. The molecular formula is C34H33N7O4S3. The van der Waals surface area contributed by atoms with Crippen LogP contribution in [0.1, 0.15) is 44.6 Å². The number of nitrogens with zero attached hydrogens (tertiary/aromatic N) is 6. The second kappa shape index (κ2) is 14.2. The summed E-state index contributed by atoms with van der Waals surface area (Å²) in [6, 6.07) is 27.2. The number of amides is 2. The van der Waals surface area contributed by atoms with E-state index in [1.807, 2.05) is 83.6 Å². The van der Waals surface area contributed by atoms with E-state index in [2.05, 4.69) is 15.5 Å². The Balaban J connectivity index is 1.19. The highest BCUT2D eigenvalue weighted by Gasteiger charge is 2.33. The van der Waals surface area contributed by atoms with Crippen LogP contribution in [-0.4, -0.2) is 69.9 Å². The van der Waals surface area contributed by atoms with Gasteiger partial charge in [0, 0.05) is 31.8 Å². The van der Waals surface area contributed by atoms with E-state index in [4.69, 9.17) is 5.10 Å². The molecule has 6 rings (SSSR count). The number of aromatic nitrogens is 3. The molecule has 246 valence electrons. The molecule has 3 heterocycles. The SMILES string of the molecule is Cc1ccc([C@@H]2CC(c3cccs3)=NN2C(=O)CSc2nnc(CNC(=O)c3ccc(S(=O)(=O)N(C)C)cc3)n2-c2ccccc2)cc1. The van der Waals surface area contributed by atoms with E-state index in [0.717, 1.165) is 31.7 Å². The number of hydrazone groups is 1. The summed E-state index contributed by atoms with van der Waals surface area (Å²) in [4.78, 5) is 27.9. The number of hydrogen-bond acceptors (Lipinski definition) is 9. The molecule has 0 aliphatic carbocycles. The first-order chi connectivity index (χ1) is 23.1. The van der Waals surface area contributed by atoms with E-state index in [0.29, 0.717) is 23.0 Å². The van der Waals surface area contributed by atoms with Crippen molar-refractivity contribution in [3.8, 4) is 5.69 Å². The number of nitrogens with one attached hydrogen (secondary N) is 1. The van der Waals surface area contributed by atoms with Crippen LogP contribution in [0.25, 0.3) is 5.69 Å². The third-order valence-electron chi connectivity index (χ3n) is 7.78. The second-order valence-corrected chi connectivity index (χ2v) is 15.3. The lowest BCUT2D eigenvalue weighted by Crippen LogP contribution is -2.28. The van der Waals surface area contributed by atoms with Gasteiger partial charge in [0.2, 0.25) is 10.0 Å². The maximum absolute atomic E-state index is 13.8. The number of thiophene rings is 1. The van der Waals surface area contributed by atoms with Crippen molar-refractivity contribution in [2.24, 2.45) is 5.10 Å². The number of carbonyl (C=O) groups is 2. The van der Waals surface area contributed by atoms with Crippen LogP contribution < -0.4 is 5.32 Å². The summed E-state index contributed by atoms with van der Waals surface area (Å²) < 4.78 is 27.7. The predicted octanol–water partition coefficient (Wildman–Crippen LogP) is 5.29. The number of sulfonamides is 1. The molecule has 2 amide bonds. The van der Waals surface area contributed by atoms with Gasteiger partial charge < -0.3 is 5.32 Å². The first kappa shape index (κ1) is 33.3. The molecule has 11 nitrogen and oxygen atoms in total. The van der Waals surface area contributed by atoms with Crippen LogP contribution in [0, 0.1) is 6.92 Å². The highest BCUT2D eigenvalue weighted by Crippen LogP contribution is 2.35. The van der Waals surface area contributed by atoms with Gasteiger partial charge in [0.15, 0.2) is 11.0 Å². The molecule has 1 N–H and O–H groups in total. The Kier molecular flexibility index (Phi) is 9.87. The lowest BCUT2D eigenvalue weighted by atomic mass is 10.00. The molecule has 0 unspecified atom stereocenters.